The van der Waals surface area contributed by atoms with Crippen LogP contribution in [0.15, 0.2) is 59.1 Å². The smallest absolute Gasteiger partial charge is 0.380 e. The number of aryl methyl sites for hydroxylation is 2. The lowest BCUT2D eigenvalue weighted by molar-refractivity contribution is -0.139. The number of hydrogen-bond acceptors (Lipinski definition) is 6. The summed E-state index contributed by atoms with van der Waals surface area (Å²) in [6, 6.07) is 15.6. The van der Waals surface area contributed by atoms with Gasteiger partial charge < -0.3 is 14.0 Å². The van der Waals surface area contributed by atoms with Gasteiger partial charge >= 0.3 is 5.97 Å². The number of ketones is 1. The van der Waals surface area contributed by atoms with E-state index in [1.807, 2.05) is 37.3 Å². The van der Waals surface area contributed by atoms with Crippen molar-refractivity contribution in [2.45, 2.75) is 27.1 Å². The average Bonchev–Trinajstić information content (AvgIpc) is 3.02. The molecule has 6 nitrogen and oxygen atoms in total. The molecule has 0 fully saturated rings. The molecule has 2 aromatic carbocycles. The van der Waals surface area contributed by atoms with E-state index in [-0.39, 0.29) is 18.8 Å². The summed E-state index contributed by atoms with van der Waals surface area (Å²) in [4.78, 5) is 24.3. The molecule has 0 atom stereocenters. The maximum atomic E-state index is 12.3. The topological polar surface area (TPSA) is 78.6 Å². The van der Waals surface area contributed by atoms with Crippen LogP contribution < -0.4 is 4.74 Å². The lowest BCUT2D eigenvalue weighted by atomic mass is 10.1. The number of benzene rings is 2. The summed E-state index contributed by atoms with van der Waals surface area (Å²) in [6.07, 6.45) is 0. The predicted molar refractivity (Wildman–Crippen MR) is 97.3 cm³/mol. The fraction of sp³-hybridized carbons (Fsp3) is 0.190. The second-order valence-corrected chi connectivity index (χ2v) is 6.01. The molecule has 0 saturated heterocycles. The SMILES string of the molecule is Cc1noc(C)c1COc1cccc(C(=O)C(=O)OCc2ccccc2)c1. The van der Waals surface area contributed by atoms with Crippen molar-refractivity contribution in [1.29, 1.82) is 0 Å². The van der Waals surface area contributed by atoms with Crippen LogP contribution in [0.4, 0.5) is 0 Å². The summed E-state index contributed by atoms with van der Waals surface area (Å²) in [5, 5.41) is 3.87. The van der Waals surface area contributed by atoms with E-state index in [4.69, 9.17) is 14.0 Å². The number of ether oxygens (including phenoxy) is 2. The normalized spacial score (nSPS) is 10.4. The van der Waals surface area contributed by atoms with Crippen LogP contribution >= 0.6 is 0 Å². The fourth-order valence-corrected chi connectivity index (χ4v) is 2.50. The summed E-state index contributed by atoms with van der Waals surface area (Å²) >= 11 is 0. The molecular weight excluding hydrogens is 346 g/mol. The zero-order valence-corrected chi connectivity index (χ0v) is 15.1. The van der Waals surface area contributed by atoms with Crippen molar-refractivity contribution >= 4 is 11.8 Å². The van der Waals surface area contributed by atoms with Gasteiger partial charge in [0.25, 0.3) is 5.78 Å². The number of esters is 1. The molecule has 0 aliphatic rings. The van der Waals surface area contributed by atoms with Gasteiger partial charge in [-0.1, -0.05) is 47.6 Å². The molecule has 3 aromatic rings. The number of carbonyl (C=O) groups excluding carboxylic acids is 2. The van der Waals surface area contributed by atoms with Crippen molar-refractivity contribution in [2.75, 3.05) is 0 Å². The summed E-state index contributed by atoms with van der Waals surface area (Å²) in [5.74, 6) is -0.462. The lowest BCUT2D eigenvalue weighted by Gasteiger charge is -2.08. The van der Waals surface area contributed by atoms with Crippen molar-refractivity contribution in [3.8, 4) is 5.75 Å². The maximum Gasteiger partial charge on any atom is 0.380 e. The van der Waals surface area contributed by atoms with Gasteiger partial charge in [0.1, 0.15) is 24.7 Å². The van der Waals surface area contributed by atoms with Crippen LogP contribution in [-0.4, -0.2) is 16.9 Å². The van der Waals surface area contributed by atoms with Crippen LogP contribution in [0.5, 0.6) is 5.75 Å². The maximum absolute atomic E-state index is 12.3. The molecule has 138 valence electrons. The number of rotatable bonds is 7. The molecule has 27 heavy (non-hydrogen) atoms. The summed E-state index contributed by atoms with van der Waals surface area (Å²) < 4.78 is 15.9. The van der Waals surface area contributed by atoms with E-state index in [0.717, 1.165) is 16.8 Å². The molecule has 0 amide bonds. The first-order valence-corrected chi connectivity index (χ1v) is 8.44. The zero-order chi connectivity index (χ0) is 19.2. The van der Waals surface area contributed by atoms with Gasteiger partial charge in [-0.3, -0.25) is 4.79 Å². The van der Waals surface area contributed by atoms with Gasteiger partial charge in [0.2, 0.25) is 0 Å². The molecule has 0 bridgehead atoms. The Kier molecular flexibility index (Phi) is 5.66. The highest BCUT2D eigenvalue weighted by molar-refractivity contribution is 6.40. The quantitative estimate of drug-likeness (QED) is 0.360. The first-order valence-electron chi connectivity index (χ1n) is 8.44. The lowest BCUT2D eigenvalue weighted by Crippen LogP contribution is -2.17. The fourth-order valence-electron chi connectivity index (χ4n) is 2.50. The number of carbonyl (C=O) groups is 2. The molecule has 0 aliphatic heterocycles. The van der Waals surface area contributed by atoms with E-state index in [1.165, 1.54) is 6.07 Å². The van der Waals surface area contributed by atoms with Gasteiger partial charge in [0.05, 0.1) is 11.3 Å². The minimum absolute atomic E-state index is 0.0493. The predicted octanol–water partition coefficient (Wildman–Crippen LogP) is 3.80. The Hall–Kier alpha value is -3.41. The van der Waals surface area contributed by atoms with E-state index >= 15 is 0 Å². The molecule has 0 N–H and O–H groups in total. The first kappa shape index (κ1) is 18.4. The monoisotopic (exact) mass is 365 g/mol. The summed E-state index contributed by atoms with van der Waals surface area (Å²) in [5.41, 5.74) is 2.64. The number of Topliss-reactive ketones (excluding diaryl/α,β-unsaturated/α-hetero) is 1. The molecular formula is C21H19NO5. The van der Waals surface area contributed by atoms with Crippen molar-refractivity contribution in [1.82, 2.24) is 5.16 Å². The van der Waals surface area contributed by atoms with Gasteiger partial charge in [0, 0.05) is 5.56 Å². The molecule has 3 rings (SSSR count). The van der Waals surface area contributed by atoms with E-state index < -0.39 is 11.8 Å². The van der Waals surface area contributed by atoms with Crippen molar-refractivity contribution in [3.63, 3.8) is 0 Å². The van der Waals surface area contributed by atoms with E-state index in [1.54, 1.807) is 25.1 Å². The molecule has 0 spiro atoms. The number of aromatic nitrogens is 1. The van der Waals surface area contributed by atoms with Crippen LogP contribution in [-0.2, 0) is 22.7 Å². The average molecular weight is 365 g/mol. The largest absolute Gasteiger partial charge is 0.489 e. The van der Waals surface area contributed by atoms with Crippen LogP contribution in [0.3, 0.4) is 0 Å². The summed E-state index contributed by atoms with van der Waals surface area (Å²) in [7, 11) is 0. The van der Waals surface area contributed by atoms with Crippen molar-refractivity contribution < 1.29 is 23.6 Å². The Bertz CT molecular complexity index is 927. The molecule has 0 unspecified atom stereocenters. The van der Waals surface area contributed by atoms with E-state index in [0.29, 0.717) is 11.5 Å². The molecule has 6 heteroatoms. The van der Waals surface area contributed by atoms with Gasteiger partial charge in [-0.05, 0) is 31.5 Å². The van der Waals surface area contributed by atoms with Gasteiger partial charge in [-0.2, -0.15) is 0 Å². The molecule has 0 radical (unpaired) electrons. The van der Waals surface area contributed by atoms with Crippen LogP contribution in [0.2, 0.25) is 0 Å². The summed E-state index contributed by atoms with van der Waals surface area (Å²) in [6.45, 7) is 3.95. The van der Waals surface area contributed by atoms with Crippen molar-refractivity contribution in [2.24, 2.45) is 0 Å². The third-order valence-corrected chi connectivity index (χ3v) is 4.06. The third kappa shape index (κ3) is 4.61. The van der Waals surface area contributed by atoms with E-state index in [2.05, 4.69) is 5.16 Å². The molecule has 0 aliphatic carbocycles. The Morgan fingerprint density at radius 1 is 1.00 bits per heavy atom. The second kappa shape index (κ2) is 8.31. The van der Waals surface area contributed by atoms with Crippen molar-refractivity contribution in [3.05, 3.63) is 82.7 Å². The Morgan fingerprint density at radius 2 is 1.78 bits per heavy atom. The first-order chi connectivity index (χ1) is 13.0. The molecule has 0 saturated carbocycles. The minimum Gasteiger partial charge on any atom is -0.489 e. The zero-order valence-electron chi connectivity index (χ0n) is 15.1. The van der Waals surface area contributed by atoms with Crippen LogP contribution in [0, 0.1) is 13.8 Å². The molecule has 1 heterocycles. The van der Waals surface area contributed by atoms with Gasteiger partial charge in [0.15, 0.2) is 0 Å². The van der Waals surface area contributed by atoms with Gasteiger partial charge in [-0.15, -0.1) is 0 Å². The highest BCUT2D eigenvalue weighted by atomic mass is 16.5. The third-order valence-electron chi connectivity index (χ3n) is 4.06. The Morgan fingerprint density at radius 3 is 2.48 bits per heavy atom. The number of nitrogens with zero attached hydrogens (tertiary/aromatic N) is 1. The van der Waals surface area contributed by atoms with E-state index in [9.17, 15) is 9.59 Å². The van der Waals surface area contributed by atoms with Gasteiger partial charge in [-0.25, -0.2) is 4.79 Å². The van der Waals surface area contributed by atoms with Crippen LogP contribution in [0.1, 0.15) is 32.9 Å². The minimum atomic E-state index is -0.901. The Labute approximate surface area is 156 Å². The second-order valence-electron chi connectivity index (χ2n) is 6.01. The Balaban J connectivity index is 1.62. The molecule has 1 aromatic heterocycles. The highest BCUT2D eigenvalue weighted by Crippen LogP contribution is 2.19. The standard InChI is InChI=1S/C21H19NO5/c1-14-19(15(2)27-22-14)13-25-18-10-6-9-17(11-18)20(23)21(24)26-12-16-7-4-3-5-8-16/h3-11H,12-13H2,1-2H3. The number of hydrogen-bond donors (Lipinski definition) is 0. The van der Waals surface area contributed by atoms with Crippen LogP contribution in [0.25, 0.3) is 0 Å². The highest BCUT2D eigenvalue weighted by Gasteiger charge is 2.19.